The van der Waals surface area contributed by atoms with Crippen LogP contribution in [0, 0.1) is 0 Å². The van der Waals surface area contributed by atoms with Crippen molar-refractivity contribution in [2.24, 2.45) is 0 Å². The minimum absolute atomic E-state index is 0.153. The number of aryl methyl sites for hydroxylation is 1. The average Bonchev–Trinajstić information content (AvgIpc) is 2.77. The van der Waals surface area contributed by atoms with E-state index in [4.69, 9.17) is 0 Å². The minimum atomic E-state index is -0.247. The lowest BCUT2D eigenvalue weighted by Crippen LogP contribution is -2.15. The molecule has 0 aliphatic heterocycles. The Morgan fingerprint density at radius 3 is 1.94 bits per heavy atom. The van der Waals surface area contributed by atoms with E-state index in [0.29, 0.717) is 17.8 Å². The van der Waals surface area contributed by atoms with Crippen molar-refractivity contribution in [3.8, 4) is 17.3 Å². The first-order valence-corrected chi connectivity index (χ1v) is 12.4. The van der Waals surface area contributed by atoms with Gasteiger partial charge in [0, 0.05) is 17.5 Å². The molecule has 0 spiro atoms. The van der Waals surface area contributed by atoms with Gasteiger partial charge in [-0.25, -0.2) is 0 Å². The van der Waals surface area contributed by atoms with E-state index in [2.05, 4.69) is 28.8 Å². The van der Waals surface area contributed by atoms with Crippen LogP contribution in [-0.4, -0.2) is 20.1 Å². The van der Waals surface area contributed by atoms with Crippen molar-refractivity contribution in [3.63, 3.8) is 0 Å². The third kappa shape index (κ3) is 9.24. The predicted octanol–water partition coefficient (Wildman–Crippen LogP) is 6.73. The number of nitrogens with zero attached hydrogens (tertiary/aromatic N) is 2. The second kappa shape index (κ2) is 14.8. The summed E-state index contributed by atoms with van der Waals surface area (Å²) in [6.45, 7) is 4.44. The van der Waals surface area contributed by atoms with Gasteiger partial charge in [-0.2, -0.15) is 4.98 Å². The first-order valence-electron chi connectivity index (χ1n) is 12.4. The number of nitrogens with one attached hydrogen (secondary N) is 1. The number of aromatic amines is 1. The van der Waals surface area contributed by atoms with Crippen LogP contribution in [0.25, 0.3) is 11.4 Å². The molecule has 5 heteroatoms. The van der Waals surface area contributed by atoms with Crippen LogP contribution in [0.1, 0.15) is 109 Å². The Morgan fingerprint density at radius 1 is 0.806 bits per heavy atom. The molecule has 0 radical (unpaired) electrons. The largest absolute Gasteiger partial charge is 0.493 e. The molecular formula is C26H41N3O2. The molecule has 2 rings (SSSR count). The molecular weight excluding hydrogens is 386 g/mol. The summed E-state index contributed by atoms with van der Waals surface area (Å²) in [4.78, 5) is 24.0. The molecule has 31 heavy (non-hydrogen) atoms. The number of aromatic nitrogens is 3. The van der Waals surface area contributed by atoms with E-state index in [0.717, 1.165) is 36.9 Å². The van der Waals surface area contributed by atoms with Gasteiger partial charge in [-0.3, -0.25) is 9.78 Å². The highest BCUT2D eigenvalue weighted by Crippen LogP contribution is 2.19. The van der Waals surface area contributed by atoms with Gasteiger partial charge in [0.15, 0.2) is 0 Å². The Balaban J connectivity index is 1.83. The molecule has 2 aromatic heterocycles. The Labute approximate surface area is 187 Å². The summed E-state index contributed by atoms with van der Waals surface area (Å²) < 4.78 is 0. The van der Waals surface area contributed by atoms with Gasteiger partial charge in [-0.1, -0.05) is 84.5 Å². The Hall–Kier alpha value is -2.17. The maximum atomic E-state index is 12.5. The van der Waals surface area contributed by atoms with Crippen LogP contribution in [-0.2, 0) is 12.8 Å². The molecule has 172 valence electrons. The number of unbranched alkanes of at least 4 members (excludes halogenated alkanes) is 11. The molecule has 2 heterocycles. The van der Waals surface area contributed by atoms with E-state index in [9.17, 15) is 9.90 Å². The van der Waals surface area contributed by atoms with E-state index in [-0.39, 0.29) is 11.4 Å². The fraction of sp³-hybridized carbons (Fsp3) is 0.654. The van der Waals surface area contributed by atoms with Gasteiger partial charge >= 0.3 is 0 Å². The molecule has 0 atom stereocenters. The zero-order chi connectivity index (χ0) is 22.3. The molecule has 0 amide bonds. The number of pyridine rings is 1. The van der Waals surface area contributed by atoms with Crippen molar-refractivity contribution in [1.82, 2.24) is 15.0 Å². The van der Waals surface area contributed by atoms with Crippen LogP contribution in [0.4, 0.5) is 0 Å². The highest BCUT2D eigenvalue weighted by Gasteiger charge is 2.12. The fourth-order valence-electron chi connectivity index (χ4n) is 3.91. The third-order valence-electron chi connectivity index (χ3n) is 5.91. The molecule has 0 aliphatic carbocycles. The molecule has 0 aliphatic rings. The molecule has 0 aromatic carbocycles. The molecule has 0 fully saturated rings. The monoisotopic (exact) mass is 427 g/mol. The standard InChI is InChI=1S/C26H41N3O2/c1-3-5-7-9-11-12-14-16-22-19-18-21(20-27-22)24-28-25(30)23(26(31)29-24)17-15-13-10-8-6-4-2/h18-20H,3-17H2,1-2H3,(H2,28,29,30,31). The normalized spacial score (nSPS) is 11.2. The van der Waals surface area contributed by atoms with Crippen molar-refractivity contribution in [2.45, 2.75) is 110 Å². The lowest BCUT2D eigenvalue weighted by Gasteiger charge is -2.07. The molecule has 0 bridgehead atoms. The van der Waals surface area contributed by atoms with E-state index in [1.165, 1.54) is 64.2 Å². The minimum Gasteiger partial charge on any atom is -0.493 e. The summed E-state index contributed by atoms with van der Waals surface area (Å²) in [5.41, 5.74) is 1.93. The van der Waals surface area contributed by atoms with E-state index < -0.39 is 0 Å². The quantitative estimate of drug-likeness (QED) is 0.291. The van der Waals surface area contributed by atoms with Crippen molar-refractivity contribution >= 4 is 0 Å². The number of hydrogen-bond acceptors (Lipinski definition) is 4. The lowest BCUT2D eigenvalue weighted by molar-refractivity contribution is 0.441. The highest BCUT2D eigenvalue weighted by atomic mass is 16.3. The predicted molar refractivity (Wildman–Crippen MR) is 129 cm³/mol. The molecule has 2 aromatic rings. The summed E-state index contributed by atoms with van der Waals surface area (Å²) in [5.74, 6) is 0.226. The SMILES string of the molecule is CCCCCCCCCc1ccc(-c2nc(O)c(CCCCCCCC)c(=O)[nH]2)cn1. The Morgan fingerprint density at radius 2 is 1.39 bits per heavy atom. The first kappa shape index (κ1) is 25.1. The summed E-state index contributed by atoms with van der Waals surface area (Å²) >= 11 is 0. The van der Waals surface area contributed by atoms with E-state index in [1.807, 2.05) is 12.1 Å². The lowest BCUT2D eigenvalue weighted by atomic mass is 10.1. The number of aromatic hydroxyl groups is 1. The second-order valence-corrected chi connectivity index (χ2v) is 8.64. The van der Waals surface area contributed by atoms with Crippen molar-refractivity contribution in [2.75, 3.05) is 0 Å². The van der Waals surface area contributed by atoms with Crippen LogP contribution in [0.5, 0.6) is 5.88 Å². The second-order valence-electron chi connectivity index (χ2n) is 8.64. The van der Waals surface area contributed by atoms with Gasteiger partial charge in [0.25, 0.3) is 5.56 Å². The van der Waals surface area contributed by atoms with Gasteiger partial charge in [-0.15, -0.1) is 0 Å². The molecule has 2 N–H and O–H groups in total. The molecule has 0 saturated carbocycles. The first-order chi connectivity index (χ1) is 15.2. The van der Waals surface area contributed by atoms with Gasteiger partial charge in [0.1, 0.15) is 5.82 Å². The number of hydrogen-bond donors (Lipinski definition) is 2. The molecule has 0 saturated heterocycles. The fourth-order valence-corrected chi connectivity index (χ4v) is 3.91. The zero-order valence-corrected chi connectivity index (χ0v) is 19.6. The summed E-state index contributed by atoms with van der Waals surface area (Å²) in [6, 6.07) is 3.92. The van der Waals surface area contributed by atoms with Gasteiger partial charge in [0.05, 0.1) is 5.56 Å². The van der Waals surface area contributed by atoms with Gasteiger partial charge in [0.2, 0.25) is 5.88 Å². The Kier molecular flexibility index (Phi) is 12.0. The van der Waals surface area contributed by atoms with Gasteiger partial charge in [-0.05, 0) is 37.8 Å². The average molecular weight is 428 g/mol. The van der Waals surface area contributed by atoms with Crippen molar-refractivity contribution < 1.29 is 5.11 Å². The van der Waals surface area contributed by atoms with Crippen LogP contribution in [0.15, 0.2) is 23.1 Å². The number of rotatable bonds is 16. The summed E-state index contributed by atoms with van der Waals surface area (Å²) in [6.07, 6.45) is 19.1. The van der Waals surface area contributed by atoms with Crippen molar-refractivity contribution in [1.29, 1.82) is 0 Å². The molecule has 0 unspecified atom stereocenters. The van der Waals surface area contributed by atoms with Crippen LogP contribution in [0.3, 0.4) is 0 Å². The van der Waals surface area contributed by atoms with E-state index in [1.54, 1.807) is 6.20 Å². The maximum Gasteiger partial charge on any atom is 0.258 e. The zero-order valence-electron chi connectivity index (χ0n) is 19.6. The summed E-state index contributed by atoms with van der Waals surface area (Å²) in [7, 11) is 0. The van der Waals surface area contributed by atoms with E-state index >= 15 is 0 Å². The van der Waals surface area contributed by atoms with Crippen molar-refractivity contribution in [3.05, 3.63) is 39.9 Å². The van der Waals surface area contributed by atoms with Crippen LogP contribution in [0.2, 0.25) is 0 Å². The molecule has 5 nitrogen and oxygen atoms in total. The maximum absolute atomic E-state index is 12.5. The van der Waals surface area contributed by atoms with Gasteiger partial charge < -0.3 is 10.1 Å². The number of H-pyrrole nitrogens is 1. The summed E-state index contributed by atoms with van der Waals surface area (Å²) in [5, 5.41) is 10.3. The highest BCUT2D eigenvalue weighted by molar-refractivity contribution is 5.54. The smallest absolute Gasteiger partial charge is 0.258 e. The topological polar surface area (TPSA) is 78.9 Å². The van der Waals surface area contributed by atoms with Crippen LogP contribution >= 0.6 is 0 Å². The van der Waals surface area contributed by atoms with Crippen LogP contribution < -0.4 is 5.56 Å². The Bertz CT molecular complexity index is 799. The third-order valence-corrected chi connectivity index (χ3v) is 5.91.